The number of benzene rings is 3. The summed E-state index contributed by atoms with van der Waals surface area (Å²) in [5, 5.41) is 18.3. The lowest BCUT2D eigenvalue weighted by Gasteiger charge is -2.13. The minimum absolute atomic E-state index is 0.112. The summed E-state index contributed by atoms with van der Waals surface area (Å²) in [6.45, 7) is 0.112. The van der Waals surface area contributed by atoms with Crippen LogP contribution in [-0.4, -0.2) is 17.7 Å². The summed E-state index contributed by atoms with van der Waals surface area (Å²) in [5.74, 6) is 0. The van der Waals surface area contributed by atoms with Gasteiger partial charge in [-0.2, -0.15) is 0 Å². The van der Waals surface area contributed by atoms with Gasteiger partial charge in [0.25, 0.3) is 0 Å². The smallest absolute Gasteiger partial charge is 0.319 e. The summed E-state index contributed by atoms with van der Waals surface area (Å²) in [7, 11) is 0. The van der Waals surface area contributed by atoms with E-state index in [1.807, 2.05) is 42.5 Å². The predicted molar refractivity (Wildman–Crippen MR) is 97.4 cm³/mol. The van der Waals surface area contributed by atoms with Crippen LogP contribution in [0.5, 0.6) is 0 Å². The van der Waals surface area contributed by atoms with E-state index >= 15 is 0 Å². The molecule has 122 valence electrons. The minimum atomic E-state index is -0.787. The second-order valence-electron chi connectivity index (χ2n) is 5.46. The van der Waals surface area contributed by atoms with Crippen molar-refractivity contribution >= 4 is 34.1 Å². The first kappa shape index (κ1) is 16.3. The molecule has 0 heterocycles. The summed E-state index contributed by atoms with van der Waals surface area (Å²) < 4.78 is 0. The molecule has 0 radical (unpaired) electrons. The molecule has 0 saturated carbocycles. The van der Waals surface area contributed by atoms with Crippen LogP contribution in [0.4, 0.5) is 10.5 Å². The van der Waals surface area contributed by atoms with Gasteiger partial charge in [-0.15, -0.1) is 0 Å². The van der Waals surface area contributed by atoms with Crippen LogP contribution in [-0.2, 0) is 0 Å². The van der Waals surface area contributed by atoms with Crippen molar-refractivity contribution < 1.29 is 9.90 Å². The van der Waals surface area contributed by atoms with Gasteiger partial charge in [-0.3, -0.25) is 0 Å². The fraction of sp³-hybridized carbons (Fsp3) is 0.105. The minimum Gasteiger partial charge on any atom is -0.387 e. The fourth-order valence-electron chi connectivity index (χ4n) is 2.43. The van der Waals surface area contributed by atoms with E-state index in [9.17, 15) is 9.90 Å². The molecule has 0 saturated heterocycles. The topological polar surface area (TPSA) is 61.4 Å². The third kappa shape index (κ3) is 4.04. The molecule has 4 nitrogen and oxygen atoms in total. The SMILES string of the molecule is O=C(NCC(O)c1ccc(Cl)cc1)Nc1ccc2ccccc2c1. The highest BCUT2D eigenvalue weighted by molar-refractivity contribution is 6.30. The molecule has 3 aromatic carbocycles. The van der Waals surface area contributed by atoms with E-state index in [-0.39, 0.29) is 12.6 Å². The number of hydrogen-bond donors (Lipinski definition) is 3. The highest BCUT2D eigenvalue weighted by atomic mass is 35.5. The molecular weight excluding hydrogens is 324 g/mol. The average Bonchev–Trinajstić information content (AvgIpc) is 2.60. The van der Waals surface area contributed by atoms with E-state index in [2.05, 4.69) is 10.6 Å². The highest BCUT2D eigenvalue weighted by Crippen LogP contribution is 2.19. The van der Waals surface area contributed by atoms with Gasteiger partial charge in [0, 0.05) is 17.3 Å². The van der Waals surface area contributed by atoms with Crippen LogP contribution in [0.2, 0.25) is 5.02 Å². The summed E-state index contributed by atoms with van der Waals surface area (Å²) >= 11 is 5.81. The van der Waals surface area contributed by atoms with E-state index in [1.165, 1.54) is 0 Å². The van der Waals surface area contributed by atoms with Crippen LogP contribution < -0.4 is 10.6 Å². The maximum atomic E-state index is 12.0. The number of anilines is 1. The van der Waals surface area contributed by atoms with E-state index in [0.717, 1.165) is 10.8 Å². The molecule has 0 spiro atoms. The molecule has 5 heteroatoms. The second-order valence-corrected chi connectivity index (χ2v) is 5.90. The second kappa shape index (κ2) is 7.34. The normalized spacial score (nSPS) is 11.9. The van der Waals surface area contributed by atoms with E-state index in [4.69, 9.17) is 11.6 Å². The molecule has 3 N–H and O–H groups in total. The Hall–Kier alpha value is -2.56. The third-order valence-electron chi connectivity index (χ3n) is 3.72. The Labute approximate surface area is 145 Å². The largest absolute Gasteiger partial charge is 0.387 e. The molecule has 0 aliphatic carbocycles. The number of amides is 2. The first-order valence-electron chi connectivity index (χ1n) is 7.59. The number of fused-ring (bicyclic) bond motifs is 1. The van der Waals surface area contributed by atoms with Crippen LogP contribution in [0.15, 0.2) is 66.7 Å². The lowest BCUT2D eigenvalue weighted by molar-refractivity contribution is 0.175. The van der Waals surface area contributed by atoms with Crippen LogP contribution in [0, 0.1) is 0 Å². The number of aliphatic hydroxyl groups is 1. The van der Waals surface area contributed by atoms with Gasteiger partial charge in [-0.25, -0.2) is 4.79 Å². The molecule has 2 amide bonds. The van der Waals surface area contributed by atoms with Gasteiger partial charge in [0.15, 0.2) is 0 Å². The third-order valence-corrected chi connectivity index (χ3v) is 3.97. The van der Waals surface area contributed by atoms with Crippen LogP contribution in [0.3, 0.4) is 0 Å². The molecule has 0 bridgehead atoms. The summed E-state index contributed by atoms with van der Waals surface area (Å²) in [6.07, 6.45) is -0.787. The van der Waals surface area contributed by atoms with Gasteiger partial charge < -0.3 is 15.7 Å². The van der Waals surface area contributed by atoms with Crippen LogP contribution >= 0.6 is 11.6 Å². The Bertz CT molecular complexity index is 849. The van der Waals surface area contributed by atoms with Gasteiger partial charge in [0.1, 0.15) is 0 Å². The Morgan fingerprint density at radius 1 is 1.00 bits per heavy atom. The number of nitrogens with one attached hydrogen (secondary N) is 2. The van der Waals surface area contributed by atoms with Gasteiger partial charge in [0.2, 0.25) is 0 Å². The molecule has 24 heavy (non-hydrogen) atoms. The van der Waals surface area contributed by atoms with Gasteiger partial charge in [0.05, 0.1) is 6.10 Å². The van der Waals surface area contributed by atoms with Crippen LogP contribution in [0.1, 0.15) is 11.7 Å². The van der Waals surface area contributed by atoms with Crippen molar-refractivity contribution in [3.8, 4) is 0 Å². The molecule has 1 atom stereocenters. The predicted octanol–water partition coefficient (Wildman–Crippen LogP) is 4.35. The van der Waals surface area contributed by atoms with Crippen molar-refractivity contribution in [1.82, 2.24) is 5.32 Å². The average molecular weight is 341 g/mol. The summed E-state index contributed by atoms with van der Waals surface area (Å²) in [5.41, 5.74) is 1.40. The lowest BCUT2D eigenvalue weighted by atomic mass is 10.1. The monoisotopic (exact) mass is 340 g/mol. The molecule has 3 rings (SSSR count). The van der Waals surface area contributed by atoms with E-state index in [0.29, 0.717) is 16.3 Å². The van der Waals surface area contributed by atoms with Crippen molar-refractivity contribution in [3.05, 3.63) is 77.3 Å². The Balaban J connectivity index is 1.57. The number of halogens is 1. The molecule has 1 unspecified atom stereocenters. The molecule has 0 aliphatic rings. The van der Waals surface area contributed by atoms with E-state index < -0.39 is 6.10 Å². The molecular formula is C19H17ClN2O2. The summed E-state index contributed by atoms with van der Waals surface area (Å²) in [4.78, 5) is 12.0. The zero-order valence-corrected chi connectivity index (χ0v) is 13.6. The zero-order valence-electron chi connectivity index (χ0n) is 12.9. The van der Waals surface area contributed by atoms with E-state index in [1.54, 1.807) is 24.3 Å². The molecule has 0 fully saturated rings. The van der Waals surface area contributed by atoms with Gasteiger partial charge in [-0.05, 0) is 40.6 Å². The first-order valence-corrected chi connectivity index (χ1v) is 7.97. The van der Waals surface area contributed by atoms with Gasteiger partial charge in [-0.1, -0.05) is 54.1 Å². The van der Waals surface area contributed by atoms with Crippen LogP contribution in [0.25, 0.3) is 10.8 Å². The highest BCUT2D eigenvalue weighted by Gasteiger charge is 2.09. The molecule has 0 aliphatic heterocycles. The van der Waals surface area contributed by atoms with Crippen molar-refractivity contribution in [1.29, 1.82) is 0 Å². The molecule has 0 aromatic heterocycles. The number of rotatable bonds is 4. The maximum absolute atomic E-state index is 12.0. The number of aliphatic hydroxyl groups excluding tert-OH is 1. The van der Waals surface area contributed by atoms with Crippen molar-refractivity contribution in [3.63, 3.8) is 0 Å². The number of hydrogen-bond acceptors (Lipinski definition) is 2. The lowest BCUT2D eigenvalue weighted by Crippen LogP contribution is -2.32. The standard InChI is InChI=1S/C19H17ClN2O2/c20-16-8-5-14(6-9-16)18(23)12-21-19(24)22-17-10-7-13-3-1-2-4-15(13)11-17/h1-11,18,23H,12H2,(H2,21,22,24). The Kier molecular flexibility index (Phi) is 4.99. The molecule has 3 aromatic rings. The fourth-order valence-corrected chi connectivity index (χ4v) is 2.56. The number of urea groups is 1. The Morgan fingerprint density at radius 3 is 2.46 bits per heavy atom. The van der Waals surface area contributed by atoms with Crippen molar-refractivity contribution in [2.24, 2.45) is 0 Å². The first-order chi connectivity index (χ1) is 11.6. The van der Waals surface area contributed by atoms with Gasteiger partial charge >= 0.3 is 6.03 Å². The number of carbonyl (C=O) groups is 1. The quantitative estimate of drug-likeness (QED) is 0.661. The number of carbonyl (C=O) groups excluding carboxylic acids is 1. The summed E-state index contributed by atoms with van der Waals surface area (Å²) in [6, 6.07) is 20.1. The van der Waals surface area contributed by atoms with Crippen molar-refractivity contribution in [2.45, 2.75) is 6.10 Å². The maximum Gasteiger partial charge on any atom is 0.319 e. The van der Waals surface area contributed by atoms with Crippen molar-refractivity contribution in [2.75, 3.05) is 11.9 Å². The Morgan fingerprint density at radius 2 is 1.71 bits per heavy atom. The zero-order chi connectivity index (χ0) is 16.9.